The average molecular weight is 331 g/mol. The molecule has 1 aromatic heterocycles. The van der Waals surface area contributed by atoms with Crippen molar-refractivity contribution in [2.75, 3.05) is 26.2 Å². The third-order valence-corrected chi connectivity index (χ3v) is 4.98. The highest BCUT2D eigenvalue weighted by molar-refractivity contribution is 5.93. The molecule has 1 aromatic rings. The van der Waals surface area contributed by atoms with Crippen LogP contribution >= 0.6 is 0 Å². The van der Waals surface area contributed by atoms with Crippen LogP contribution in [-0.2, 0) is 9.53 Å². The number of pyridine rings is 1. The summed E-state index contributed by atoms with van der Waals surface area (Å²) in [6.07, 6.45) is 5.93. The Bertz CT molecular complexity index is 578. The second kappa shape index (κ2) is 7.75. The first-order valence-electron chi connectivity index (χ1n) is 8.76. The average Bonchev–Trinajstić information content (AvgIpc) is 3.19. The standard InChI is InChI=1S/C18H25N3O3/c1-2-3-6-17(22)21-10-15-14(12-24-16(15)11-21)9-20-18(23)13-5-4-7-19-8-13/h4-5,7-8,14-16H,2-3,6,9-12H2,1H3,(H,20,23)/t14-,15+,16+/m0/s1. The minimum Gasteiger partial charge on any atom is -0.376 e. The molecule has 0 radical (unpaired) electrons. The maximum Gasteiger partial charge on any atom is 0.252 e. The topological polar surface area (TPSA) is 71.5 Å². The molecule has 0 spiro atoms. The predicted octanol–water partition coefficient (Wildman–Crippen LogP) is 1.47. The maximum atomic E-state index is 12.2. The fourth-order valence-electron chi connectivity index (χ4n) is 3.52. The number of carbonyl (C=O) groups is 2. The van der Waals surface area contributed by atoms with E-state index >= 15 is 0 Å². The Kier molecular flexibility index (Phi) is 5.45. The lowest BCUT2D eigenvalue weighted by Crippen LogP contribution is -2.35. The van der Waals surface area contributed by atoms with Gasteiger partial charge in [-0.15, -0.1) is 0 Å². The van der Waals surface area contributed by atoms with E-state index in [4.69, 9.17) is 4.74 Å². The largest absolute Gasteiger partial charge is 0.376 e. The summed E-state index contributed by atoms with van der Waals surface area (Å²) in [7, 11) is 0. The zero-order valence-electron chi connectivity index (χ0n) is 14.1. The molecule has 24 heavy (non-hydrogen) atoms. The van der Waals surface area contributed by atoms with Gasteiger partial charge in [-0.1, -0.05) is 13.3 Å². The lowest BCUT2D eigenvalue weighted by atomic mass is 9.93. The van der Waals surface area contributed by atoms with Crippen molar-refractivity contribution in [1.29, 1.82) is 0 Å². The van der Waals surface area contributed by atoms with Crippen LogP contribution in [0.15, 0.2) is 24.5 Å². The molecule has 2 aliphatic heterocycles. The minimum absolute atomic E-state index is 0.111. The van der Waals surface area contributed by atoms with Crippen LogP contribution in [0.2, 0.25) is 0 Å². The third kappa shape index (κ3) is 3.75. The molecule has 2 aliphatic rings. The van der Waals surface area contributed by atoms with Gasteiger partial charge in [0.2, 0.25) is 5.91 Å². The van der Waals surface area contributed by atoms with Crippen molar-refractivity contribution in [3.8, 4) is 0 Å². The van der Waals surface area contributed by atoms with E-state index in [-0.39, 0.29) is 23.8 Å². The number of amides is 2. The van der Waals surface area contributed by atoms with Gasteiger partial charge in [0.05, 0.1) is 18.3 Å². The van der Waals surface area contributed by atoms with Gasteiger partial charge in [0, 0.05) is 50.3 Å². The van der Waals surface area contributed by atoms with Crippen molar-refractivity contribution in [1.82, 2.24) is 15.2 Å². The fraction of sp³-hybridized carbons (Fsp3) is 0.611. The minimum atomic E-state index is -0.111. The second-order valence-corrected chi connectivity index (χ2v) is 6.65. The first-order chi connectivity index (χ1) is 11.7. The van der Waals surface area contributed by atoms with Crippen LogP contribution in [0.5, 0.6) is 0 Å². The molecule has 2 fully saturated rings. The molecule has 2 saturated heterocycles. The van der Waals surface area contributed by atoms with Crippen LogP contribution in [0.4, 0.5) is 0 Å². The summed E-state index contributed by atoms with van der Waals surface area (Å²) in [5.41, 5.74) is 0.566. The molecule has 2 amide bonds. The van der Waals surface area contributed by atoms with Gasteiger partial charge < -0.3 is 15.0 Å². The van der Waals surface area contributed by atoms with Crippen LogP contribution in [-0.4, -0.2) is 54.0 Å². The summed E-state index contributed by atoms with van der Waals surface area (Å²) < 4.78 is 5.85. The summed E-state index contributed by atoms with van der Waals surface area (Å²) in [5.74, 6) is 0.706. The van der Waals surface area contributed by atoms with Crippen LogP contribution < -0.4 is 5.32 Å². The van der Waals surface area contributed by atoms with Gasteiger partial charge in [-0.05, 0) is 18.6 Å². The van der Waals surface area contributed by atoms with E-state index in [2.05, 4.69) is 17.2 Å². The first-order valence-corrected chi connectivity index (χ1v) is 8.76. The smallest absolute Gasteiger partial charge is 0.252 e. The Morgan fingerprint density at radius 2 is 2.29 bits per heavy atom. The molecule has 0 saturated carbocycles. The van der Waals surface area contributed by atoms with E-state index in [1.165, 1.54) is 0 Å². The Labute approximate surface area is 142 Å². The van der Waals surface area contributed by atoms with E-state index < -0.39 is 0 Å². The summed E-state index contributed by atoms with van der Waals surface area (Å²) >= 11 is 0. The number of carbonyl (C=O) groups excluding carboxylic acids is 2. The van der Waals surface area contributed by atoms with Crippen LogP contribution in [0.25, 0.3) is 0 Å². The van der Waals surface area contributed by atoms with E-state index in [0.717, 1.165) is 19.4 Å². The molecule has 0 aliphatic carbocycles. The zero-order valence-corrected chi connectivity index (χ0v) is 14.1. The monoisotopic (exact) mass is 331 g/mol. The van der Waals surface area contributed by atoms with Crippen LogP contribution in [0.1, 0.15) is 36.5 Å². The molecule has 130 valence electrons. The lowest BCUT2D eigenvalue weighted by molar-refractivity contribution is -0.131. The summed E-state index contributed by atoms with van der Waals surface area (Å²) in [6, 6.07) is 3.50. The zero-order chi connectivity index (χ0) is 16.9. The van der Waals surface area contributed by atoms with Gasteiger partial charge in [0.15, 0.2) is 0 Å². The van der Waals surface area contributed by atoms with Gasteiger partial charge >= 0.3 is 0 Å². The van der Waals surface area contributed by atoms with Crippen molar-refractivity contribution < 1.29 is 14.3 Å². The number of nitrogens with zero attached hydrogens (tertiary/aromatic N) is 2. The Hall–Kier alpha value is -1.95. The first kappa shape index (κ1) is 16.9. The third-order valence-electron chi connectivity index (χ3n) is 4.98. The van der Waals surface area contributed by atoms with Gasteiger partial charge in [0.25, 0.3) is 5.91 Å². The number of ether oxygens (including phenoxy) is 1. The summed E-state index contributed by atoms with van der Waals surface area (Å²) in [5, 5.41) is 2.97. The maximum absolute atomic E-state index is 12.2. The SMILES string of the molecule is CCCCC(=O)N1C[C@@H]2[C@@H](CNC(=O)c3cccnc3)CO[C@@H]2C1. The molecule has 0 aromatic carbocycles. The second-order valence-electron chi connectivity index (χ2n) is 6.65. The molecule has 3 rings (SSSR count). The van der Waals surface area contributed by atoms with Crippen LogP contribution in [0.3, 0.4) is 0 Å². The van der Waals surface area contributed by atoms with Crippen molar-refractivity contribution in [3.63, 3.8) is 0 Å². The Balaban J connectivity index is 1.50. The molecular formula is C18H25N3O3. The Morgan fingerprint density at radius 1 is 1.42 bits per heavy atom. The quantitative estimate of drug-likeness (QED) is 0.857. The number of hydrogen-bond donors (Lipinski definition) is 1. The van der Waals surface area contributed by atoms with E-state index in [9.17, 15) is 9.59 Å². The Morgan fingerprint density at radius 3 is 3.04 bits per heavy atom. The molecule has 3 atom stereocenters. The number of rotatable bonds is 6. The fourth-order valence-corrected chi connectivity index (χ4v) is 3.52. The molecule has 6 heteroatoms. The van der Waals surface area contributed by atoms with Crippen LogP contribution in [0, 0.1) is 11.8 Å². The van der Waals surface area contributed by atoms with Gasteiger partial charge in [-0.25, -0.2) is 0 Å². The number of unbranched alkanes of at least 4 members (excludes halogenated alkanes) is 1. The van der Waals surface area contributed by atoms with Gasteiger partial charge in [0.1, 0.15) is 0 Å². The number of fused-ring (bicyclic) bond motifs is 1. The molecule has 3 heterocycles. The molecule has 0 unspecified atom stereocenters. The number of nitrogens with one attached hydrogen (secondary N) is 1. The van der Waals surface area contributed by atoms with E-state index in [1.807, 2.05) is 4.90 Å². The lowest BCUT2D eigenvalue weighted by Gasteiger charge is -2.20. The van der Waals surface area contributed by atoms with Crippen molar-refractivity contribution in [3.05, 3.63) is 30.1 Å². The number of hydrogen-bond acceptors (Lipinski definition) is 4. The van der Waals surface area contributed by atoms with E-state index in [0.29, 0.717) is 37.6 Å². The highest BCUT2D eigenvalue weighted by atomic mass is 16.5. The highest BCUT2D eigenvalue weighted by Gasteiger charge is 2.44. The molecule has 6 nitrogen and oxygen atoms in total. The molecular weight excluding hydrogens is 306 g/mol. The number of likely N-dealkylation sites (tertiary alicyclic amines) is 1. The molecule has 1 N–H and O–H groups in total. The van der Waals surface area contributed by atoms with E-state index in [1.54, 1.807) is 24.5 Å². The van der Waals surface area contributed by atoms with Gasteiger partial charge in [-0.2, -0.15) is 0 Å². The summed E-state index contributed by atoms with van der Waals surface area (Å²) in [6.45, 7) is 4.77. The van der Waals surface area contributed by atoms with Crippen molar-refractivity contribution in [2.24, 2.45) is 11.8 Å². The highest BCUT2D eigenvalue weighted by Crippen LogP contribution is 2.33. The predicted molar refractivity (Wildman–Crippen MR) is 89.4 cm³/mol. The van der Waals surface area contributed by atoms with Crippen molar-refractivity contribution >= 4 is 11.8 Å². The number of aromatic nitrogens is 1. The van der Waals surface area contributed by atoms with Gasteiger partial charge in [-0.3, -0.25) is 14.6 Å². The summed E-state index contributed by atoms with van der Waals surface area (Å²) in [4.78, 5) is 30.2. The normalized spacial score (nSPS) is 25.5. The molecule has 0 bridgehead atoms. The van der Waals surface area contributed by atoms with Crippen molar-refractivity contribution in [2.45, 2.75) is 32.3 Å².